The minimum Gasteiger partial charge on any atom is -0.313 e. The SMILES string of the molecule is CNC(CC(C)CC(C)(C)C)c1cc(Br)sc1Br. The predicted molar refractivity (Wildman–Crippen MR) is 89.4 cm³/mol. The van der Waals surface area contributed by atoms with Crippen molar-refractivity contribution in [1.82, 2.24) is 5.32 Å². The lowest BCUT2D eigenvalue weighted by Crippen LogP contribution is -2.21. The van der Waals surface area contributed by atoms with Crippen molar-refractivity contribution in [1.29, 1.82) is 0 Å². The van der Waals surface area contributed by atoms with Crippen LogP contribution in [0.2, 0.25) is 0 Å². The van der Waals surface area contributed by atoms with Gasteiger partial charge in [-0.3, -0.25) is 0 Å². The Bertz CT molecular complexity index is 382. The van der Waals surface area contributed by atoms with Crippen molar-refractivity contribution in [2.75, 3.05) is 7.05 Å². The van der Waals surface area contributed by atoms with Crippen LogP contribution in [0.25, 0.3) is 0 Å². The van der Waals surface area contributed by atoms with Crippen LogP contribution in [0, 0.1) is 11.3 Å². The topological polar surface area (TPSA) is 12.0 Å². The van der Waals surface area contributed by atoms with Crippen molar-refractivity contribution in [3.63, 3.8) is 0 Å². The van der Waals surface area contributed by atoms with Gasteiger partial charge in [0.2, 0.25) is 0 Å². The van der Waals surface area contributed by atoms with Gasteiger partial charge in [0.15, 0.2) is 0 Å². The average Bonchev–Trinajstić information content (AvgIpc) is 2.51. The molecule has 2 atom stereocenters. The molecule has 1 N–H and O–H groups in total. The molecule has 1 rings (SSSR count). The first kappa shape index (κ1) is 16.7. The predicted octanol–water partition coefficient (Wildman–Crippen LogP) is 6.00. The van der Waals surface area contributed by atoms with Gasteiger partial charge in [0.1, 0.15) is 0 Å². The van der Waals surface area contributed by atoms with Crippen molar-refractivity contribution in [3.8, 4) is 0 Å². The van der Waals surface area contributed by atoms with Gasteiger partial charge in [0.25, 0.3) is 0 Å². The first-order valence-corrected chi connectivity index (χ1v) is 8.75. The van der Waals surface area contributed by atoms with Crippen LogP contribution in [-0.2, 0) is 0 Å². The number of hydrogen-bond acceptors (Lipinski definition) is 2. The summed E-state index contributed by atoms with van der Waals surface area (Å²) < 4.78 is 2.42. The van der Waals surface area contributed by atoms with Gasteiger partial charge in [0, 0.05) is 6.04 Å². The van der Waals surface area contributed by atoms with Gasteiger partial charge in [-0.05, 0) is 74.7 Å². The van der Waals surface area contributed by atoms with Crippen LogP contribution in [0.5, 0.6) is 0 Å². The molecule has 0 amide bonds. The molecule has 2 unspecified atom stereocenters. The molecule has 0 aliphatic rings. The minimum atomic E-state index is 0.407. The number of thiophene rings is 1. The van der Waals surface area contributed by atoms with Crippen molar-refractivity contribution in [2.45, 2.75) is 46.6 Å². The monoisotopic (exact) mass is 395 g/mol. The molecule has 0 radical (unpaired) electrons. The van der Waals surface area contributed by atoms with E-state index in [2.05, 4.69) is 70.9 Å². The van der Waals surface area contributed by atoms with Crippen molar-refractivity contribution < 1.29 is 0 Å². The Kier molecular flexibility index (Phi) is 6.36. The maximum absolute atomic E-state index is 3.66. The summed E-state index contributed by atoms with van der Waals surface area (Å²) in [4.78, 5) is 0. The molecule has 1 aromatic rings. The highest BCUT2D eigenvalue weighted by Crippen LogP contribution is 2.38. The van der Waals surface area contributed by atoms with E-state index >= 15 is 0 Å². The van der Waals surface area contributed by atoms with Gasteiger partial charge >= 0.3 is 0 Å². The maximum atomic E-state index is 3.66. The van der Waals surface area contributed by atoms with Gasteiger partial charge in [0.05, 0.1) is 7.57 Å². The van der Waals surface area contributed by atoms with Gasteiger partial charge in [-0.1, -0.05) is 27.7 Å². The van der Waals surface area contributed by atoms with Crippen molar-refractivity contribution in [3.05, 3.63) is 19.2 Å². The fourth-order valence-electron chi connectivity index (χ4n) is 2.52. The van der Waals surface area contributed by atoms with Gasteiger partial charge in [-0.15, -0.1) is 11.3 Å². The molecule has 1 heterocycles. The third-order valence-electron chi connectivity index (χ3n) is 3.01. The molecule has 0 saturated carbocycles. The fraction of sp³-hybridized carbons (Fsp3) is 0.714. The zero-order chi connectivity index (χ0) is 13.9. The minimum absolute atomic E-state index is 0.407. The molecule has 0 spiro atoms. The Morgan fingerprint density at radius 1 is 1.33 bits per heavy atom. The summed E-state index contributed by atoms with van der Waals surface area (Å²) in [7, 11) is 2.05. The van der Waals surface area contributed by atoms with Crippen LogP contribution < -0.4 is 5.32 Å². The van der Waals surface area contributed by atoms with E-state index in [-0.39, 0.29) is 0 Å². The summed E-state index contributed by atoms with van der Waals surface area (Å²) in [5.74, 6) is 0.716. The summed E-state index contributed by atoms with van der Waals surface area (Å²) in [5, 5.41) is 3.45. The molecule has 18 heavy (non-hydrogen) atoms. The number of nitrogens with one attached hydrogen (secondary N) is 1. The first-order chi connectivity index (χ1) is 8.23. The van der Waals surface area contributed by atoms with E-state index < -0.39 is 0 Å². The quantitative estimate of drug-likeness (QED) is 0.643. The van der Waals surface area contributed by atoms with Crippen LogP contribution >= 0.6 is 43.2 Å². The second kappa shape index (κ2) is 6.87. The molecule has 0 fully saturated rings. The smallest absolute Gasteiger partial charge is 0.0758 e. The average molecular weight is 397 g/mol. The molecule has 1 nitrogen and oxygen atoms in total. The largest absolute Gasteiger partial charge is 0.313 e. The van der Waals surface area contributed by atoms with Crippen molar-refractivity contribution in [2.24, 2.45) is 11.3 Å². The van der Waals surface area contributed by atoms with Crippen LogP contribution in [0.1, 0.15) is 52.1 Å². The highest BCUT2D eigenvalue weighted by molar-refractivity contribution is 9.12. The van der Waals surface area contributed by atoms with E-state index in [1.54, 1.807) is 11.3 Å². The third kappa shape index (κ3) is 5.32. The molecule has 0 aromatic carbocycles. The lowest BCUT2D eigenvalue weighted by Gasteiger charge is -2.26. The van der Waals surface area contributed by atoms with E-state index in [9.17, 15) is 0 Å². The van der Waals surface area contributed by atoms with E-state index in [1.165, 1.54) is 26.0 Å². The molecule has 4 heteroatoms. The standard InChI is InChI=1S/C14H23Br2NS/c1-9(8-14(2,3)4)6-11(17-5)10-7-12(15)18-13(10)16/h7,9,11,17H,6,8H2,1-5H3. The number of hydrogen-bond donors (Lipinski definition) is 1. The highest BCUT2D eigenvalue weighted by Gasteiger charge is 2.21. The summed E-state index contributed by atoms with van der Waals surface area (Å²) in [6.45, 7) is 9.30. The summed E-state index contributed by atoms with van der Waals surface area (Å²) in [6.07, 6.45) is 2.43. The number of rotatable bonds is 5. The van der Waals surface area contributed by atoms with Crippen LogP contribution in [0.4, 0.5) is 0 Å². The van der Waals surface area contributed by atoms with E-state index in [0.29, 0.717) is 17.4 Å². The van der Waals surface area contributed by atoms with Gasteiger partial charge in [-0.2, -0.15) is 0 Å². The molecule has 104 valence electrons. The molecule has 1 aromatic heterocycles. The molecular formula is C14H23Br2NS. The van der Waals surface area contributed by atoms with E-state index in [1.807, 2.05) is 7.05 Å². The Morgan fingerprint density at radius 2 is 1.94 bits per heavy atom. The lowest BCUT2D eigenvalue weighted by molar-refractivity contribution is 0.279. The first-order valence-electron chi connectivity index (χ1n) is 6.35. The van der Waals surface area contributed by atoms with Gasteiger partial charge < -0.3 is 5.32 Å². The van der Waals surface area contributed by atoms with Crippen LogP contribution in [0.15, 0.2) is 13.6 Å². The zero-order valence-corrected chi connectivity index (χ0v) is 15.8. The summed E-state index contributed by atoms with van der Waals surface area (Å²) >= 11 is 8.96. The molecule has 0 aliphatic heterocycles. The van der Waals surface area contributed by atoms with Crippen LogP contribution in [-0.4, -0.2) is 7.05 Å². The zero-order valence-electron chi connectivity index (χ0n) is 11.8. The lowest BCUT2D eigenvalue weighted by atomic mass is 9.82. The van der Waals surface area contributed by atoms with Crippen LogP contribution in [0.3, 0.4) is 0 Å². The second-order valence-corrected chi connectivity index (χ2v) is 9.98. The second-order valence-electron chi connectivity index (χ2n) is 6.23. The summed E-state index contributed by atoms with van der Waals surface area (Å²) in [6, 6.07) is 2.65. The fourth-order valence-corrected chi connectivity index (χ4v) is 5.50. The summed E-state index contributed by atoms with van der Waals surface area (Å²) in [5.41, 5.74) is 1.78. The Morgan fingerprint density at radius 3 is 2.33 bits per heavy atom. The Balaban J connectivity index is 2.71. The van der Waals surface area contributed by atoms with Crippen molar-refractivity contribution >= 4 is 43.2 Å². The maximum Gasteiger partial charge on any atom is 0.0758 e. The molecular weight excluding hydrogens is 374 g/mol. The third-order valence-corrected chi connectivity index (χ3v) is 5.39. The highest BCUT2D eigenvalue weighted by atomic mass is 79.9. The number of halogens is 2. The Hall–Kier alpha value is 0.620. The molecule has 0 saturated heterocycles. The Labute approximate surface area is 132 Å². The molecule has 0 bridgehead atoms. The van der Waals surface area contributed by atoms with E-state index in [4.69, 9.17) is 0 Å². The van der Waals surface area contributed by atoms with E-state index in [0.717, 1.165) is 0 Å². The van der Waals surface area contributed by atoms with Gasteiger partial charge in [-0.25, -0.2) is 0 Å². The molecule has 0 aliphatic carbocycles. The normalized spacial score (nSPS) is 15.7.